The Balaban J connectivity index is 2.41. The molecule has 0 spiro atoms. The number of amides is 1. The average Bonchev–Trinajstić information content (AvgIpc) is 2.35. The first kappa shape index (κ1) is 14.1. The van der Waals surface area contributed by atoms with Crippen LogP contribution in [0.5, 0.6) is 0 Å². The monoisotopic (exact) mass is 243 g/mol. The summed E-state index contributed by atoms with van der Waals surface area (Å²) in [5.41, 5.74) is 0. The Morgan fingerprint density at radius 2 is 1.82 bits per heavy atom. The Morgan fingerprint density at radius 3 is 2.24 bits per heavy atom. The van der Waals surface area contributed by atoms with Gasteiger partial charge in [-0.25, -0.2) is 0 Å². The second kappa shape index (κ2) is 6.71. The SMILES string of the molecule is CC(=O)[C@@H](CO)NC(=O)C1CCC(CO)CC1. The van der Waals surface area contributed by atoms with Crippen molar-refractivity contribution < 1.29 is 19.8 Å². The molecule has 1 atom stereocenters. The van der Waals surface area contributed by atoms with E-state index in [0.29, 0.717) is 5.92 Å². The first-order valence-electron chi connectivity index (χ1n) is 6.11. The smallest absolute Gasteiger partial charge is 0.223 e. The van der Waals surface area contributed by atoms with E-state index in [1.165, 1.54) is 6.92 Å². The maximum atomic E-state index is 11.8. The maximum absolute atomic E-state index is 11.8. The summed E-state index contributed by atoms with van der Waals surface area (Å²) in [5, 5.41) is 20.5. The molecule has 1 saturated carbocycles. The zero-order chi connectivity index (χ0) is 12.8. The van der Waals surface area contributed by atoms with E-state index in [9.17, 15) is 9.59 Å². The van der Waals surface area contributed by atoms with Crippen molar-refractivity contribution >= 4 is 11.7 Å². The Hall–Kier alpha value is -0.940. The van der Waals surface area contributed by atoms with Crippen molar-refractivity contribution in [1.82, 2.24) is 5.32 Å². The van der Waals surface area contributed by atoms with Gasteiger partial charge in [0.25, 0.3) is 0 Å². The van der Waals surface area contributed by atoms with E-state index < -0.39 is 6.04 Å². The number of Topliss-reactive ketones (excluding diaryl/α,β-unsaturated/α-hetero) is 1. The largest absolute Gasteiger partial charge is 0.396 e. The molecule has 5 heteroatoms. The summed E-state index contributed by atoms with van der Waals surface area (Å²) < 4.78 is 0. The van der Waals surface area contributed by atoms with E-state index in [-0.39, 0.29) is 30.8 Å². The van der Waals surface area contributed by atoms with Crippen LogP contribution >= 0.6 is 0 Å². The van der Waals surface area contributed by atoms with Crippen molar-refractivity contribution in [2.45, 2.75) is 38.6 Å². The van der Waals surface area contributed by atoms with Gasteiger partial charge in [0.1, 0.15) is 6.04 Å². The lowest BCUT2D eigenvalue weighted by Gasteiger charge is -2.27. The van der Waals surface area contributed by atoms with E-state index in [1.807, 2.05) is 0 Å². The van der Waals surface area contributed by atoms with E-state index in [2.05, 4.69) is 5.32 Å². The van der Waals surface area contributed by atoms with Crippen LogP contribution in [0.25, 0.3) is 0 Å². The van der Waals surface area contributed by atoms with Gasteiger partial charge >= 0.3 is 0 Å². The van der Waals surface area contributed by atoms with Crippen molar-refractivity contribution in [2.75, 3.05) is 13.2 Å². The molecule has 0 heterocycles. The third kappa shape index (κ3) is 4.09. The predicted molar refractivity (Wildman–Crippen MR) is 62.2 cm³/mol. The summed E-state index contributed by atoms with van der Waals surface area (Å²) in [5.74, 6) is -0.174. The standard InChI is InChI=1S/C12H21NO4/c1-8(16)11(7-15)13-12(17)10-4-2-9(6-14)3-5-10/h9-11,14-15H,2-7H2,1H3,(H,13,17)/t9?,10?,11-/m1/s1. The summed E-state index contributed by atoms with van der Waals surface area (Å²) in [7, 11) is 0. The first-order valence-corrected chi connectivity index (χ1v) is 6.11. The summed E-state index contributed by atoms with van der Waals surface area (Å²) >= 11 is 0. The number of hydrogen-bond donors (Lipinski definition) is 3. The van der Waals surface area contributed by atoms with E-state index >= 15 is 0 Å². The van der Waals surface area contributed by atoms with Gasteiger partial charge in [-0.15, -0.1) is 0 Å². The number of rotatable bonds is 5. The van der Waals surface area contributed by atoms with E-state index in [4.69, 9.17) is 10.2 Å². The van der Waals surface area contributed by atoms with Gasteiger partial charge in [0.2, 0.25) is 5.91 Å². The van der Waals surface area contributed by atoms with Crippen LogP contribution in [0, 0.1) is 11.8 Å². The molecule has 1 amide bonds. The number of carbonyl (C=O) groups is 2. The van der Waals surface area contributed by atoms with Crippen molar-refractivity contribution in [1.29, 1.82) is 0 Å². The van der Waals surface area contributed by atoms with Crippen LogP contribution in [0.1, 0.15) is 32.6 Å². The number of aliphatic hydroxyl groups is 2. The highest BCUT2D eigenvalue weighted by molar-refractivity contribution is 5.88. The van der Waals surface area contributed by atoms with Crippen LogP contribution in [-0.4, -0.2) is 41.2 Å². The molecule has 0 saturated heterocycles. The van der Waals surface area contributed by atoms with Gasteiger partial charge < -0.3 is 15.5 Å². The molecule has 0 unspecified atom stereocenters. The zero-order valence-electron chi connectivity index (χ0n) is 10.2. The summed E-state index contributed by atoms with van der Waals surface area (Å²) in [4.78, 5) is 22.9. The molecule has 1 aliphatic carbocycles. The maximum Gasteiger partial charge on any atom is 0.223 e. The van der Waals surface area contributed by atoms with E-state index in [1.54, 1.807) is 0 Å². The van der Waals surface area contributed by atoms with Crippen LogP contribution in [0.2, 0.25) is 0 Å². The summed E-state index contributed by atoms with van der Waals surface area (Å²) in [6.07, 6.45) is 3.18. The van der Waals surface area contributed by atoms with Gasteiger partial charge in [0, 0.05) is 12.5 Å². The minimum atomic E-state index is -0.780. The van der Waals surface area contributed by atoms with Gasteiger partial charge in [-0.3, -0.25) is 9.59 Å². The fourth-order valence-corrected chi connectivity index (χ4v) is 2.17. The summed E-state index contributed by atoms with van der Waals surface area (Å²) in [6, 6.07) is -0.780. The molecule has 0 bridgehead atoms. The van der Waals surface area contributed by atoms with Gasteiger partial charge in [-0.05, 0) is 38.5 Å². The molecule has 0 aliphatic heterocycles. The topological polar surface area (TPSA) is 86.6 Å². The van der Waals surface area contributed by atoms with Crippen molar-refractivity contribution in [3.8, 4) is 0 Å². The second-order valence-corrected chi connectivity index (χ2v) is 4.75. The third-order valence-electron chi connectivity index (χ3n) is 3.47. The first-order chi connectivity index (χ1) is 8.08. The lowest BCUT2D eigenvalue weighted by Crippen LogP contribution is -2.45. The molecular formula is C12H21NO4. The van der Waals surface area contributed by atoms with Gasteiger partial charge in [-0.1, -0.05) is 0 Å². The highest BCUT2D eigenvalue weighted by Gasteiger charge is 2.27. The van der Waals surface area contributed by atoms with Crippen LogP contribution in [0.4, 0.5) is 0 Å². The van der Waals surface area contributed by atoms with Crippen molar-refractivity contribution in [3.63, 3.8) is 0 Å². The van der Waals surface area contributed by atoms with Crippen LogP contribution in [-0.2, 0) is 9.59 Å². The molecule has 3 N–H and O–H groups in total. The third-order valence-corrected chi connectivity index (χ3v) is 3.47. The van der Waals surface area contributed by atoms with Gasteiger partial charge in [-0.2, -0.15) is 0 Å². The molecule has 0 aromatic rings. The molecule has 1 aliphatic rings. The number of nitrogens with one attached hydrogen (secondary N) is 1. The molecule has 1 fully saturated rings. The Bertz CT molecular complexity index is 272. The van der Waals surface area contributed by atoms with Crippen molar-refractivity contribution in [3.05, 3.63) is 0 Å². The minimum Gasteiger partial charge on any atom is -0.396 e. The highest BCUT2D eigenvalue weighted by atomic mass is 16.3. The Labute approximate surface area is 101 Å². The molecule has 17 heavy (non-hydrogen) atoms. The number of carbonyl (C=O) groups excluding carboxylic acids is 2. The van der Waals surface area contributed by atoms with Gasteiger partial charge in [0.05, 0.1) is 6.61 Å². The predicted octanol–water partition coefficient (Wildman–Crippen LogP) is -0.149. The highest BCUT2D eigenvalue weighted by Crippen LogP contribution is 2.28. The lowest BCUT2D eigenvalue weighted by atomic mass is 9.82. The minimum absolute atomic E-state index is 0.0915. The van der Waals surface area contributed by atoms with Crippen LogP contribution in [0.15, 0.2) is 0 Å². The quantitative estimate of drug-likeness (QED) is 0.627. The Morgan fingerprint density at radius 1 is 1.24 bits per heavy atom. The zero-order valence-corrected chi connectivity index (χ0v) is 10.2. The van der Waals surface area contributed by atoms with Gasteiger partial charge in [0.15, 0.2) is 5.78 Å². The summed E-state index contributed by atoms with van der Waals surface area (Å²) in [6.45, 7) is 1.18. The normalized spacial score (nSPS) is 26.3. The fourth-order valence-electron chi connectivity index (χ4n) is 2.17. The number of hydrogen-bond acceptors (Lipinski definition) is 4. The average molecular weight is 243 g/mol. The molecule has 5 nitrogen and oxygen atoms in total. The molecule has 0 radical (unpaired) electrons. The van der Waals surface area contributed by atoms with Crippen molar-refractivity contribution in [2.24, 2.45) is 11.8 Å². The Kier molecular flexibility index (Phi) is 5.58. The van der Waals surface area contributed by atoms with E-state index in [0.717, 1.165) is 25.7 Å². The molecular weight excluding hydrogens is 222 g/mol. The number of ketones is 1. The van der Waals surface area contributed by atoms with Crippen LogP contribution in [0.3, 0.4) is 0 Å². The van der Waals surface area contributed by atoms with Crippen LogP contribution < -0.4 is 5.32 Å². The molecule has 0 aromatic carbocycles. The molecule has 1 rings (SSSR count). The molecule has 0 aromatic heterocycles. The fraction of sp³-hybridized carbons (Fsp3) is 0.833. The lowest BCUT2D eigenvalue weighted by molar-refractivity contribution is -0.131. The molecule has 98 valence electrons. The number of aliphatic hydroxyl groups excluding tert-OH is 2. The second-order valence-electron chi connectivity index (χ2n) is 4.75.